The van der Waals surface area contributed by atoms with Gasteiger partial charge in [-0.2, -0.15) is 0 Å². The Morgan fingerprint density at radius 1 is 1.75 bits per heavy atom. The second-order valence-corrected chi connectivity index (χ2v) is 2.88. The van der Waals surface area contributed by atoms with Gasteiger partial charge in [-0.15, -0.1) is 5.92 Å². The number of carbonyl (C=O) groups is 1. The zero-order chi connectivity index (χ0) is 8.97. The van der Waals surface area contributed by atoms with Gasteiger partial charge in [-0.3, -0.25) is 4.79 Å². The molecular formula is C9H14N2O. The smallest absolute Gasteiger partial charge is 0.223 e. The average molecular weight is 166 g/mol. The summed E-state index contributed by atoms with van der Waals surface area (Å²) in [6.07, 6.45) is 1.52. The Morgan fingerprint density at radius 2 is 2.50 bits per heavy atom. The number of nitrogens with two attached hydrogens (primary N) is 1. The Morgan fingerprint density at radius 3 is 3.08 bits per heavy atom. The number of hydrogen-bond acceptors (Lipinski definition) is 2. The Balaban J connectivity index is 2.55. The molecule has 3 heteroatoms. The normalized spacial score (nSPS) is 22.3. The van der Waals surface area contributed by atoms with Gasteiger partial charge in [0.1, 0.15) is 0 Å². The van der Waals surface area contributed by atoms with E-state index in [1.807, 2.05) is 0 Å². The summed E-state index contributed by atoms with van der Waals surface area (Å²) in [5.74, 6) is 5.85. The van der Waals surface area contributed by atoms with Crippen LogP contribution >= 0.6 is 0 Å². The van der Waals surface area contributed by atoms with Gasteiger partial charge >= 0.3 is 0 Å². The number of rotatable bonds is 2. The number of nitrogens with zero attached hydrogens (tertiary/aromatic N) is 1. The molecule has 0 spiro atoms. The fraction of sp³-hybridized carbons (Fsp3) is 0.667. The summed E-state index contributed by atoms with van der Waals surface area (Å²) in [5.41, 5.74) is 5.52. The maximum Gasteiger partial charge on any atom is 0.223 e. The van der Waals surface area contributed by atoms with Gasteiger partial charge in [0.2, 0.25) is 5.91 Å². The SMILES string of the molecule is CC#CCN1C(=O)CCC1CN. The molecule has 1 atom stereocenters. The molecule has 1 fully saturated rings. The number of hydrogen-bond donors (Lipinski definition) is 1. The van der Waals surface area contributed by atoms with Crippen LogP contribution in [-0.2, 0) is 4.79 Å². The lowest BCUT2D eigenvalue weighted by Gasteiger charge is -2.20. The molecule has 1 unspecified atom stereocenters. The molecule has 1 aliphatic heterocycles. The van der Waals surface area contributed by atoms with Crippen LogP contribution in [0.4, 0.5) is 0 Å². The molecule has 0 aromatic heterocycles. The third kappa shape index (κ3) is 1.77. The van der Waals surface area contributed by atoms with E-state index in [1.54, 1.807) is 11.8 Å². The van der Waals surface area contributed by atoms with E-state index < -0.39 is 0 Å². The molecule has 1 aliphatic rings. The van der Waals surface area contributed by atoms with Crippen LogP contribution in [0.1, 0.15) is 19.8 Å². The molecule has 1 amide bonds. The molecule has 0 saturated carbocycles. The van der Waals surface area contributed by atoms with Gasteiger partial charge in [-0.25, -0.2) is 0 Å². The van der Waals surface area contributed by atoms with Crippen LogP contribution in [-0.4, -0.2) is 29.9 Å². The van der Waals surface area contributed by atoms with Crippen molar-refractivity contribution in [2.75, 3.05) is 13.1 Å². The summed E-state index contributed by atoms with van der Waals surface area (Å²) >= 11 is 0. The summed E-state index contributed by atoms with van der Waals surface area (Å²) < 4.78 is 0. The predicted molar refractivity (Wildman–Crippen MR) is 47.2 cm³/mol. The van der Waals surface area contributed by atoms with Crippen molar-refractivity contribution in [3.05, 3.63) is 0 Å². The van der Waals surface area contributed by atoms with Gasteiger partial charge in [0.15, 0.2) is 0 Å². The molecule has 0 aliphatic carbocycles. The maximum atomic E-state index is 11.3. The monoisotopic (exact) mass is 166 g/mol. The Kier molecular flexibility index (Phi) is 3.12. The van der Waals surface area contributed by atoms with Gasteiger partial charge < -0.3 is 10.6 Å². The zero-order valence-corrected chi connectivity index (χ0v) is 7.34. The lowest BCUT2D eigenvalue weighted by Crippen LogP contribution is -2.38. The highest BCUT2D eigenvalue weighted by Gasteiger charge is 2.28. The first kappa shape index (κ1) is 9.08. The van der Waals surface area contributed by atoms with E-state index in [0.717, 1.165) is 6.42 Å². The second kappa shape index (κ2) is 4.13. The van der Waals surface area contributed by atoms with E-state index in [2.05, 4.69) is 11.8 Å². The molecule has 0 radical (unpaired) electrons. The average Bonchev–Trinajstić information content (AvgIpc) is 2.43. The largest absolute Gasteiger partial charge is 0.328 e. The van der Waals surface area contributed by atoms with E-state index in [-0.39, 0.29) is 11.9 Å². The topological polar surface area (TPSA) is 46.3 Å². The van der Waals surface area contributed by atoms with Crippen molar-refractivity contribution in [3.8, 4) is 11.8 Å². The van der Waals surface area contributed by atoms with E-state index in [1.165, 1.54) is 0 Å². The van der Waals surface area contributed by atoms with Gasteiger partial charge in [-0.1, -0.05) is 5.92 Å². The minimum absolute atomic E-state index is 0.188. The maximum absolute atomic E-state index is 11.3. The fourth-order valence-corrected chi connectivity index (χ4v) is 1.42. The van der Waals surface area contributed by atoms with Crippen molar-refractivity contribution in [2.24, 2.45) is 5.73 Å². The summed E-state index contributed by atoms with van der Waals surface area (Å²) in [4.78, 5) is 13.0. The number of likely N-dealkylation sites (tertiary alicyclic amines) is 1. The number of amides is 1. The van der Waals surface area contributed by atoms with Gasteiger partial charge in [0, 0.05) is 19.0 Å². The van der Waals surface area contributed by atoms with Crippen molar-refractivity contribution in [1.82, 2.24) is 4.90 Å². The third-order valence-corrected chi connectivity index (χ3v) is 2.15. The van der Waals surface area contributed by atoms with E-state index >= 15 is 0 Å². The van der Waals surface area contributed by atoms with Crippen molar-refractivity contribution >= 4 is 5.91 Å². The number of carbonyl (C=O) groups excluding carboxylic acids is 1. The molecule has 0 aromatic rings. The molecule has 2 N–H and O–H groups in total. The molecule has 66 valence electrons. The fourth-order valence-electron chi connectivity index (χ4n) is 1.42. The summed E-state index contributed by atoms with van der Waals surface area (Å²) in [6.45, 7) is 2.87. The predicted octanol–water partition coefficient (Wildman–Crippen LogP) is -0.0406. The van der Waals surface area contributed by atoms with E-state index in [4.69, 9.17) is 5.73 Å². The molecule has 1 rings (SSSR count). The van der Waals surface area contributed by atoms with Crippen LogP contribution in [0, 0.1) is 11.8 Å². The van der Waals surface area contributed by atoms with Crippen LogP contribution < -0.4 is 5.73 Å². The highest BCUT2D eigenvalue weighted by molar-refractivity contribution is 5.79. The molecule has 0 bridgehead atoms. The van der Waals surface area contributed by atoms with Crippen LogP contribution in [0.15, 0.2) is 0 Å². The van der Waals surface area contributed by atoms with Crippen molar-refractivity contribution in [3.63, 3.8) is 0 Å². The van der Waals surface area contributed by atoms with Crippen LogP contribution in [0.5, 0.6) is 0 Å². The molecular weight excluding hydrogens is 152 g/mol. The Bertz CT molecular complexity index is 226. The van der Waals surface area contributed by atoms with Gasteiger partial charge in [0.05, 0.1) is 6.54 Å². The first-order valence-electron chi connectivity index (χ1n) is 4.18. The van der Waals surface area contributed by atoms with E-state index in [9.17, 15) is 4.79 Å². The minimum Gasteiger partial charge on any atom is -0.328 e. The van der Waals surface area contributed by atoms with E-state index in [0.29, 0.717) is 19.5 Å². The molecule has 3 nitrogen and oxygen atoms in total. The Hall–Kier alpha value is -1.01. The molecule has 1 heterocycles. The van der Waals surface area contributed by atoms with Crippen LogP contribution in [0.25, 0.3) is 0 Å². The highest BCUT2D eigenvalue weighted by Crippen LogP contribution is 2.16. The first-order chi connectivity index (χ1) is 5.79. The standard InChI is InChI=1S/C9H14N2O/c1-2-3-6-11-8(7-10)4-5-9(11)12/h8H,4-7,10H2,1H3. The van der Waals surface area contributed by atoms with Gasteiger partial charge in [-0.05, 0) is 13.3 Å². The van der Waals surface area contributed by atoms with Gasteiger partial charge in [0.25, 0.3) is 0 Å². The quantitative estimate of drug-likeness (QED) is 0.585. The Labute approximate surface area is 72.9 Å². The third-order valence-electron chi connectivity index (χ3n) is 2.15. The summed E-state index contributed by atoms with van der Waals surface area (Å²) in [7, 11) is 0. The van der Waals surface area contributed by atoms with Crippen molar-refractivity contribution in [1.29, 1.82) is 0 Å². The van der Waals surface area contributed by atoms with Crippen molar-refractivity contribution < 1.29 is 4.79 Å². The van der Waals surface area contributed by atoms with Crippen molar-refractivity contribution in [2.45, 2.75) is 25.8 Å². The summed E-state index contributed by atoms with van der Waals surface area (Å²) in [6, 6.07) is 0.221. The molecule has 1 saturated heterocycles. The lowest BCUT2D eigenvalue weighted by molar-refractivity contribution is -0.128. The first-order valence-corrected chi connectivity index (χ1v) is 4.18. The molecule has 0 aromatic carbocycles. The lowest BCUT2D eigenvalue weighted by atomic mass is 10.2. The van der Waals surface area contributed by atoms with Crippen LogP contribution in [0.2, 0.25) is 0 Å². The van der Waals surface area contributed by atoms with Crippen LogP contribution in [0.3, 0.4) is 0 Å². The molecule has 12 heavy (non-hydrogen) atoms. The second-order valence-electron chi connectivity index (χ2n) is 2.88. The zero-order valence-electron chi connectivity index (χ0n) is 7.34. The summed E-state index contributed by atoms with van der Waals surface area (Å²) in [5, 5.41) is 0. The highest BCUT2D eigenvalue weighted by atomic mass is 16.2. The minimum atomic E-state index is 0.188.